The van der Waals surface area contributed by atoms with Crippen LogP contribution in [0.2, 0.25) is 0 Å². The van der Waals surface area contributed by atoms with Crippen molar-refractivity contribution in [3.63, 3.8) is 0 Å². The topological polar surface area (TPSA) is 24.9 Å². The first-order valence-electron chi connectivity index (χ1n) is 7.44. The van der Waals surface area contributed by atoms with Crippen LogP contribution in [0.1, 0.15) is 66.9 Å². The third-order valence-electron chi connectivity index (χ3n) is 3.96. The van der Waals surface area contributed by atoms with E-state index in [9.17, 15) is 0 Å². The Morgan fingerprint density at radius 1 is 1.33 bits per heavy atom. The van der Waals surface area contributed by atoms with Crippen LogP contribution in [0.25, 0.3) is 0 Å². The Kier molecular flexibility index (Phi) is 3.71. The second kappa shape index (κ2) is 5.30. The van der Waals surface area contributed by atoms with E-state index in [0.29, 0.717) is 5.92 Å². The van der Waals surface area contributed by atoms with E-state index in [4.69, 9.17) is 4.98 Å². The fourth-order valence-corrected chi connectivity index (χ4v) is 4.14. The van der Waals surface area contributed by atoms with E-state index in [1.165, 1.54) is 42.8 Å². The molecule has 0 radical (unpaired) electrons. The average molecular weight is 264 g/mol. The summed E-state index contributed by atoms with van der Waals surface area (Å²) in [5.74, 6) is 2.24. The Bertz CT molecular complexity index is 407. The molecule has 2 nitrogen and oxygen atoms in total. The highest BCUT2D eigenvalue weighted by Crippen LogP contribution is 2.45. The van der Waals surface area contributed by atoms with Crippen LogP contribution in [0.15, 0.2) is 0 Å². The van der Waals surface area contributed by atoms with Gasteiger partial charge in [-0.2, -0.15) is 0 Å². The summed E-state index contributed by atoms with van der Waals surface area (Å²) < 4.78 is 0. The molecule has 0 bridgehead atoms. The number of aryl methyl sites for hydroxylation is 1. The second-order valence-electron chi connectivity index (χ2n) is 6.28. The number of rotatable bonds is 5. The molecule has 1 atom stereocenters. The van der Waals surface area contributed by atoms with Gasteiger partial charge in [-0.25, -0.2) is 4.98 Å². The molecule has 0 saturated heterocycles. The summed E-state index contributed by atoms with van der Waals surface area (Å²) in [6.45, 7) is 6.80. The van der Waals surface area contributed by atoms with Gasteiger partial charge < -0.3 is 5.32 Å². The molecule has 2 aliphatic carbocycles. The van der Waals surface area contributed by atoms with Gasteiger partial charge in [-0.1, -0.05) is 13.8 Å². The first kappa shape index (κ1) is 12.6. The third-order valence-corrected chi connectivity index (χ3v) is 5.25. The summed E-state index contributed by atoms with van der Waals surface area (Å²) >= 11 is 2.01. The summed E-state index contributed by atoms with van der Waals surface area (Å²) in [6, 6.07) is 0. The van der Waals surface area contributed by atoms with Crippen molar-refractivity contribution in [3.05, 3.63) is 15.6 Å². The Morgan fingerprint density at radius 3 is 2.89 bits per heavy atom. The predicted molar refractivity (Wildman–Crippen MR) is 77.5 cm³/mol. The van der Waals surface area contributed by atoms with Crippen LogP contribution in [0.3, 0.4) is 0 Å². The Hall–Kier alpha value is -0.410. The summed E-state index contributed by atoms with van der Waals surface area (Å²) in [5.41, 5.74) is 1.45. The van der Waals surface area contributed by atoms with Crippen LogP contribution in [0.5, 0.6) is 0 Å². The van der Waals surface area contributed by atoms with Crippen molar-refractivity contribution in [3.8, 4) is 0 Å². The molecule has 18 heavy (non-hydrogen) atoms. The fourth-order valence-electron chi connectivity index (χ4n) is 2.78. The minimum atomic E-state index is 0.677. The number of fused-ring (bicyclic) bond motifs is 1. The van der Waals surface area contributed by atoms with E-state index in [2.05, 4.69) is 19.2 Å². The molecule has 0 amide bonds. The lowest BCUT2D eigenvalue weighted by atomic mass is 9.91. The number of aromatic nitrogens is 1. The van der Waals surface area contributed by atoms with Gasteiger partial charge in [-0.15, -0.1) is 11.3 Å². The monoisotopic (exact) mass is 264 g/mol. The minimum absolute atomic E-state index is 0.677. The molecule has 0 aromatic carbocycles. The Balaban J connectivity index is 1.66. The summed E-state index contributed by atoms with van der Waals surface area (Å²) in [7, 11) is 0. The van der Waals surface area contributed by atoms with Crippen LogP contribution in [-0.4, -0.2) is 18.1 Å². The van der Waals surface area contributed by atoms with Gasteiger partial charge in [0.05, 0.1) is 10.7 Å². The first-order valence-corrected chi connectivity index (χ1v) is 8.26. The molecule has 1 saturated carbocycles. The van der Waals surface area contributed by atoms with Gasteiger partial charge in [0.1, 0.15) is 0 Å². The number of hydrogen-bond donors (Lipinski definition) is 1. The molecule has 1 fully saturated rings. The maximum atomic E-state index is 4.97. The lowest BCUT2D eigenvalue weighted by Crippen LogP contribution is -2.27. The van der Waals surface area contributed by atoms with Crippen molar-refractivity contribution < 1.29 is 0 Å². The van der Waals surface area contributed by atoms with Gasteiger partial charge in [-0.05, 0) is 44.6 Å². The molecular formula is C15H24N2S. The van der Waals surface area contributed by atoms with Crippen molar-refractivity contribution in [2.45, 2.75) is 57.8 Å². The molecule has 0 spiro atoms. The van der Waals surface area contributed by atoms with Crippen LogP contribution < -0.4 is 5.32 Å². The maximum Gasteiger partial charge on any atom is 0.0962 e. The molecule has 0 aliphatic heterocycles. The summed E-state index contributed by atoms with van der Waals surface area (Å²) in [5, 5.41) is 5.05. The molecule has 3 rings (SSSR count). The number of nitrogens with one attached hydrogen (secondary N) is 1. The van der Waals surface area contributed by atoms with E-state index in [1.54, 1.807) is 4.88 Å². The van der Waals surface area contributed by atoms with Gasteiger partial charge in [-0.3, -0.25) is 0 Å². The van der Waals surface area contributed by atoms with Gasteiger partial charge >= 0.3 is 0 Å². The molecule has 3 heteroatoms. The number of hydrogen-bond acceptors (Lipinski definition) is 3. The minimum Gasteiger partial charge on any atom is -0.316 e. The zero-order chi connectivity index (χ0) is 12.5. The molecule has 1 unspecified atom stereocenters. The largest absolute Gasteiger partial charge is 0.316 e. The van der Waals surface area contributed by atoms with Crippen LogP contribution in [0.4, 0.5) is 0 Å². The van der Waals surface area contributed by atoms with Crippen molar-refractivity contribution in [1.82, 2.24) is 10.3 Å². The lowest BCUT2D eigenvalue weighted by Gasteiger charge is -2.22. The third kappa shape index (κ3) is 2.77. The van der Waals surface area contributed by atoms with Gasteiger partial charge in [0.25, 0.3) is 0 Å². The lowest BCUT2D eigenvalue weighted by molar-refractivity contribution is 0.472. The normalized spacial score (nSPS) is 23.4. The zero-order valence-corrected chi connectivity index (χ0v) is 12.4. The van der Waals surface area contributed by atoms with E-state index in [0.717, 1.165) is 24.9 Å². The summed E-state index contributed by atoms with van der Waals surface area (Å²) in [4.78, 5) is 6.57. The zero-order valence-electron chi connectivity index (χ0n) is 11.5. The standard InChI is InChI=1S/C15H24N2S/c1-10(2)8-16-9-12-4-3-5-13-14(12)17-15(18-13)11-6-7-11/h10-12,16H,3-9H2,1-2H3. The van der Waals surface area contributed by atoms with E-state index in [-0.39, 0.29) is 0 Å². The van der Waals surface area contributed by atoms with Crippen molar-refractivity contribution in [2.75, 3.05) is 13.1 Å². The molecule has 1 heterocycles. The SMILES string of the molecule is CC(C)CNCC1CCCc2sc(C3CC3)nc21. The molecule has 2 aliphatic rings. The highest BCUT2D eigenvalue weighted by atomic mass is 32.1. The average Bonchev–Trinajstić information content (AvgIpc) is 3.09. The number of nitrogens with zero attached hydrogens (tertiary/aromatic N) is 1. The van der Waals surface area contributed by atoms with Crippen molar-refractivity contribution in [1.29, 1.82) is 0 Å². The van der Waals surface area contributed by atoms with Gasteiger partial charge in [0, 0.05) is 23.3 Å². The summed E-state index contributed by atoms with van der Waals surface area (Å²) in [6.07, 6.45) is 6.71. The first-order chi connectivity index (χ1) is 8.74. The van der Waals surface area contributed by atoms with E-state index < -0.39 is 0 Å². The highest BCUT2D eigenvalue weighted by Gasteiger charge is 2.31. The highest BCUT2D eigenvalue weighted by molar-refractivity contribution is 7.11. The molecular weight excluding hydrogens is 240 g/mol. The fraction of sp³-hybridized carbons (Fsp3) is 0.800. The van der Waals surface area contributed by atoms with Gasteiger partial charge in [0.15, 0.2) is 0 Å². The quantitative estimate of drug-likeness (QED) is 0.877. The van der Waals surface area contributed by atoms with Crippen LogP contribution >= 0.6 is 11.3 Å². The van der Waals surface area contributed by atoms with Crippen LogP contribution in [-0.2, 0) is 6.42 Å². The molecule has 1 N–H and O–H groups in total. The predicted octanol–water partition coefficient (Wildman–Crippen LogP) is 3.69. The number of thiazole rings is 1. The Morgan fingerprint density at radius 2 is 2.17 bits per heavy atom. The van der Waals surface area contributed by atoms with Crippen LogP contribution in [0, 0.1) is 5.92 Å². The Labute approximate surface area is 114 Å². The van der Waals surface area contributed by atoms with Crippen molar-refractivity contribution >= 4 is 11.3 Å². The van der Waals surface area contributed by atoms with E-state index in [1.807, 2.05) is 11.3 Å². The smallest absolute Gasteiger partial charge is 0.0962 e. The molecule has 100 valence electrons. The van der Waals surface area contributed by atoms with Gasteiger partial charge in [0.2, 0.25) is 0 Å². The molecule has 1 aromatic heterocycles. The maximum absolute atomic E-state index is 4.97. The molecule has 1 aromatic rings. The van der Waals surface area contributed by atoms with E-state index >= 15 is 0 Å². The van der Waals surface area contributed by atoms with Crippen molar-refractivity contribution in [2.24, 2.45) is 5.92 Å². The second-order valence-corrected chi connectivity index (χ2v) is 7.39.